The molecule has 1 saturated heterocycles. The van der Waals surface area contributed by atoms with Crippen molar-refractivity contribution in [2.75, 3.05) is 18.4 Å². The molecule has 0 bridgehead atoms. The quantitative estimate of drug-likeness (QED) is 0.773. The van der Waals surface area contributed by atoms with Crippen LogP contribution in [-0.2, 0) is 11.8 Å². The normalized spacial score (nSPS) is 17.4. The van der Waals surface area contributed by atoms with E-state index >= 15 is 0 Å². The van der Waals surface area contributed by atoms with Gasteiger partial charge in [-0.1, -0.05) is 0 Å². The number of nitrogens with zero attached hydrogens (tertiary/aromatic N) is 2. The first-order valence-electron chi connectivity index (χ1n) is 5.69. The molecule has 0 saturated carbocycles. The zero-order chi connectivity index (χ0) is 11.5. The van der Waals surface area contributed by atoms with Crippen molar-refractivity contribution in [3.05, 3.63) is 11.8 Å². The largest absolute Gasteiger partial charge is 0.317 e. The van der Waals surface area contributed by atoms with Crippen LogP contribution in [0.2, 0.25) is 0 Å². The van der Waals surface area contributed by atoms with Crippen LogP contribution in [0.25, 0.3) is 0 Å². The second-order valence-corrected chi connectivity index (χ2v) is 4.31. The monoisotopic (exact) mass is 222 g/mol. The van der Waals surface area contributed by atoms with E-state index in [2.05, 4.69) is 15.7 Å². The van der Waals surface area contributed by atoms with Gasteiger partial charge in [-0.05, 0) is 32.9 Å². The summed E-state index contributed by atoms with van der Waals surface area (Å²) in [4.78, 5) is 11.9. The van der Waals surface area contributed by atoms with Gasteiger partial charge in [0.15, 0.2) is 5.82 Å². The number of piperidine rings is 1. The van der Waals surface area contributed by atoms with Crippen LogP contribution in [0, 0.1) is 12.8 Å². The Labute approximate surface area is 95.2 Å². The maximum atomic E-state index is 11.9. The Morgan fingerprint density at radius 3 is 2.81 bits per heavy atom. The molecule has 88 valence electrons. The molecule has 5 nitrogen and oxygen atoms in total. The van der Waals surface area contributed by atoms with Crippen molar-refractivity contribution >= 4 is 11.7 Å². The van der Waals surface area contributed by atoms with Crippen molar-refractivity contribution in [3.8, 4) is 0 Å². The summed E-state index contributed by atoms with van der Waals surface area (Å²) in [5.74, 6) is 0.881. The number of aromatic nitrogens is 2. The Morgan fingerprint density at radius 2 is 2.25 bits per heavy atom. The lowest BCUT2D eigenvalue weighted by Crippen LogP contribution is -2.34. The van der Waals surface area contributed by atoms with Crippen molar-refractivity contribution in [2.24, 2.45) is 13.0 Å². The molecule has 0 atom stereocenters. The van der Waals surface area contributed by atoms with Gasteiger partial charge in [0.25, 0.3) is 0 Å². The number of rotatable bonds is 2. The van der Waals surface area contributed by atoms with Gasteiger partial charge in [-0.15, -0.1) is 0 Å². The van der Waals surface area contributed by atoms with Crippen molar-refractivity contribution in [1.29, 1.82) is 0 Å². The Kier molecular flexibility index (Phi) is 3.24. The number of carbonyl (C=O) groups is 1. The first-order valence-corrected chi connectivity index (χ1v) is 5.69. The molecular formula is C11H18N4O. The van der Waals surface area contributed by atoms with Crippen LogP contribution in [0.3, 0.4) is 0 Å². The molecule has 0 unspecified atom stereocenters. The van der Waals surface area contributed by atoms with E-state index in [4.69, 9.17) is 0 Å². The number of anilines is 1. The first kappa shape index (κ1) is 11.1. The van der Waals surface area contributed by atoms with Gasteiger partial charge in [0.05, 0.1) is 0 Å². The molecule has 1 aromatic rings. The average molecular weight is 222 g/mol. The number of aryl methyl sites for hydroxylation is 2. The van der Waals surface area contributed by atoms with Gasteiger partial charge in [-0.3, -0.25) is 9.48 Å². The van der Waals surface area contributed by atoms with E-state index < -0.39 is 0 Å². The Morgan fingerprint density at radius 1 is 1.56 bits per heavy atom. The highest BCUT2D eigenvalue weighted by molar-refractivity contribution is 5.91. The second kappa shape index (κ2) is 4.65. The van der Waals surface area contributed by atoms with Crippen LogP contribution in [0.15, 0.2) is 6.07 Å². The molecule has 0 aromatic carbocycles. The molecule has 1 fully saturated rings. The fraction of sp³-hybridized carbons (Fsp3) is 0.636. The Balaban J connectivity index is 1.95. The van der Waals surface area contributed by atoms with Crippen LogP contribution in [-0.4, -0.2) is 28.8 Å². The number of amides is 1. The topological polar surface area (TPSA) is 59.0 Å². The van der Waals surface area contributed by atoms with Gasteiger partial charge >= 0.3 is 0 Å². The molecule has 2 N–H and O–H groups in total. The predicted octanol–water partition coefficient (Wildman–Crippen LogP) is 0.667. The van der Waals surface area contributed by atoms with Crippen molar-refractivity contribution < 1.29 is 4.79 Å². The van der Waals surface area contributed by atoms with E-state index in [0.29, 0.717) is 5.82 Å². The van der Waals surface area contributed by atoms with Gasteiger partial charge in [0.1, 0.15) is 0 Å². The maximum absolute atomic E-state index is 11.9. The summed E-state index contributed by atoms with van der Waals surface area (Å²) in [6.07, 6.45) is 1.83. The molecule has 2 rings (SSSR count). The maximum Gasteiger partial charge on any atom is 0.228 e. The molecule has 16 heavy (non-hydrogen) atoms. The predicted molar refractivity (Wildman–Crippen MR) is 62.2 cm³/mol. The highest BCUT2D eigenvalue weighted by atomic mass is 16.2. The standard InChI is InChI=1S/C11H18N4O/c1-8-7-10(14-15(8)2)13-11(16)9-3-5-12-6-4-9/h7,9,12H,3-6H2,1-2H3,(H,13,14,16). The number of hydrogen-bond donors (Lipinski definition) is 2. The zero-order valence-corrected chi connectivity index (χ0v) is 9.79. The SMILES string of the molecule is Cc1cc(NC(=O)C2CCNCC2)nn1C. The number of carbonyl (C=O) groups excluding carboxylic acids is 1. The second-order valence-electron chi connectivity index (χ2n) is 4.31. The summed E-state index contributed by atoms with van der Waals surface area (Å²) in [5, 5.41) is 10.3. The van der Waals surface area contributed by atoms with E-state index in [0.717, 1.165) is 31.6 Å². The Hall–Kier alpha value is -1.36. The number of hydrogen-bond acceptors (Lipinski definition) is 3. The molecule has 0 aliphatic carbocycles. The van der Waals surface area contributed by atoms with Gasteiger partial charge in [-0.2, -0.15) is 5.10 Å². The van der Waals surface area contributed by atoms with Crippen LogP contribution < -0.4 is 10.6 Å². The van der Waals surface area contributed by atoms with Crippen LogP contribution in [0.4, 0.5) is 5.82 Å². The lowest BCUT2D eigenvalue weighted by Gasteiger charge is -2.21. The molecule has 1 aliphatic heterocycles. The smallest absolute Gasteiger partial charge is 0.228 e. The van der Waals surface area contributed by atoms with Crippen LogP contribution >= 0.6 is 0 Å². The van der Waals surface area contributed by atoms with Crippen molar-refractivity contribution in [3.63, 3.8) is 0 Å². The van der Waals surface area contributed by atoms with Gasteiger partial charge in [0, 0.05) is 24.7 Å². The summed E-state index contributed by atoms with van der Waals surface area (Å²) in [5.41, 5.74) is 1.04. The summed E-state index contributed by atoms with van der Waals surface area (Å²) in [6, 6.07) is 1.89. The van der Waals surface area contributed by atoms with Crippen molar-refractivity contribution in [2.45, 2.75) is 19.8 Å². The fourth-order valence-corrected chi connectivity index (χ4v) is 1.93. The van der Waals surface area contributed by atoms with E-state index in [-0.39, 0.29) is 11.8 Å². The molecular weight excluding hydrogens is 204 g/mol. The third-order valence-electron chi connectivity index (χ3n) is 3.07. The fourth-order valence-electron chi connectivity index (χ4n) is 1.93. The average Bonchev–Trinajstić information content (AvgIpc) is 2.59. The lowest BCUT2D eigenvalue weighted by atomic mass is 9.97. The van der Waals surface area contributed by atoms with Crippen LogP contribution in [0.5, 0.6) is 0 Å². The van der Waals surface area contributed by atoms with E-state index in [9.17, 15) is 4.79 Å². The van der Waals surface area contributed by atoms with Gasteiger partial charge in [0.2, 0.25) is 5.91 Å². The molecule has 0 spiro atoms. The third-order valence-corrected chi connectivity index (χ3v) is 3.07. The van der Waals surface area contributed by atoms with Gasteiger partial charge in [-0.25, -0.2) is 0 Å². The molecule has 1 aromatic heterocycles. The minimum absolute atomic E-state index is 0.0969. The summed E-state index contributed by atoms with van der Waals surface area (Å²) < 4.78 is 1.76. The minimum Gasteiger partial charge on any atom is -0.317 e. The highest BCUT2D eigenvalue weighted by Gasteiger charge is 2.21. The van der Waals surface area contributed by atoms with E-state index in [1.807, 2.05) is 20.0 Å². The Bertz CT molecular complexity index is 360. The van der Waals surface area contributed by atoms with Crippen LogP contribution in [0.1, 0.15) is 18.5 Å². The molecule has 1 amide bonds. The summed E-state index contributed by atoms with van der Waals surface area (Å²) in [6.45, 7) is 3.83. The molecule has 5 heteroatoms. The first-order chi connectivity index (χ1) is 7.66. The number of nitrogens with one attached hydrogen (secondary N) is 2. The third kappa shape index (κ3) is 2.41. The molecule has 2 heterocycles. The van der Waals surface area contributed by atoms with E-state index in [1.165, 1.54) is 0 Å². The highest BCUT2D eigenvalue weighted by Crippen LogP contribution is 2.15. The zero-order valence-electron chi connectivity index (χ0n) is 9.79. The molecule has 1 aliphatic rings. The van der Waals surface area contributed by atoms with Crippen molar-refractivity contribution in [1.82, 2.24) is 15.1 Å². The summed E-state index contributed by atoms with van der Waals surface area (Å²) >= 11 is 0. The molecule has 0 radical (unpaired) electrons. The summed E-state index contributed by atoms with van der Waals surface area (Å²) in [7, 11) is 1.87. The minimum atomic E-state index is 0.0969. The lowest BCUT2D eigenvalue weighted by molar-refractivity contribution is -0.120. The van der Waals surface area contributed by atoms with Gasteiger partial charge < -0.3 is 10.6 Å². The van der Waals surface area contributed by atoms with E-state index in [1.54, 1.807) is 4.68 Å².